The fourth-order valence-electron chi connectivity index (χ4n) is 3.92. The van der Waals surface area contributed by atoms with Crippen LogP contribution in [0.1, 0.15) is 52.9 Å². The molecule has 0 aromatic carbocycles. The van der Waals surface area contributed by atoms with Gasteiger partial charge in [0.1, 0.15) is 0 Å². The maximum atomic E-state index is 12.6. The van der Waals surface area contributed by atoms with Crippen LogP contribution in [0.3, 0.4) is 0 Å². The van der Waals surface area contributed by atoms with Crippen molar-refractivity contribution in [3.05, 3.63) is 0 Å². The van der Waals surface area contributed by atoms with Crippen LogP contribution in [0, 0.1) is 23.7 Å². The second kappa shape index (κ2) is 9.04. The van der Waals surface area contributed by atoms with E-state index in [9.17, 15) is 19.5 Å². The molecule has 6 nitrogen and oxygen atoms in total. The molecule has 0 heterocycles. The zero-order valence-electron chi connectivity index (χ0n) is 15.5. The third kappa shape index (κ3) is 5.21. The number of carboxylic acid groups (broad SMARTS) is 1. The normalized spacial score (nSPS) is 24.7. The van der Waals surface area contributed by atoms with Gasteiger partial charge in [-0.25, -0.2) is 0 Å². The summed E-state index contributed by atoms with van der Waals surface area (Å²) in [6.45, 7) is 5.72. The summed E-state index contributed by atoms with van der Waals surface area (Å²) in [5.41, 5.74) is 0. The number of nitrogens with zero attached hydrogens (tertiary/aromatic N) is 1. The van der Waals surface area contributed by atoms with Crippen molar-refractivity contribution in [1.29, 1.82) is 0 Å². The second-order valence-corrected chi connectivity index (χ2v) is 7.23. The van der Waals surface area contributed by atoms with Gasteiger partial charge >= 0.3 is 5.97 Å². The molecule has 0 bridgehead atoms. The molecule has 24 heavy (non-hydrogen) atoms. The molecule has 2 N–H and O–H groups in total. The van der Waals surface area contributed by atoms with Gasteiger partial charge in [-0.05, 0) is 31.1 Å². The summed E-state index contributed by atoms with van der Waals surface area (Å²) in [7, 11) is 3.39. The molecule has 1 aliphatic rings. The van der Waals surface area contributed by atoms with Gasteiger partial charge in [-0.3, -0.25) is 14.4 Å². The average Bonchev–Trinajstić information content (AvgIpc) is 2.95. The molecule has 6 heteroatoms. The quantitative estimate of drug-likeness (QED) is 0.709. The van der Waals surface area contributed by atoms with Gasteiger partial charge in [0, 0.05) is 33.0 Å². The fourth-order valence-corrected chi connectivity index (χ4v) is 3.92. The maximum Gasteiger partial charge on any atom is 0.306 e. The van der Waals surface area contributed by atoms with Crippen molar-refractivity contribution in [3.8, 4) is 0 Å². The summed E-state index contributed by atoms with van der Waals surface area (Å²) in [5, 5.41) is 12.4. The van der Waals surface area contributed by atoms with Crippen LogP contribution in [0.2, 0.25) is 0 Å². The van der Waals surface area contributed by atoms with Crippen LogP contribution in [0.25, 0.3) is 0 Å². The number of nitrogens with one attached hydrogen (secondary N) is 1. The zero-order chi connectivity index (χ0) is 18.4. The summed E-state index contributed by atoms with van der Waals surface area (Å²) in [4.78, 5) is 37.2. The van der Waals surface area contributed by atoms with E-state index in [1.165, 1.54) is 11.8 Å². The van der Waals surface area contributed by atoms with Gasteiger partial charge in [0.25, 0.3) is 0 Å². The molecule has 0 aliphatic heterocycles. The first-order valence-electron chi connectivity index (χ1n) is 8.92. The minimum Gasteiger partial charge on any atom is -0.481 e. The summed E-state index contributed by atoms with van der Waals surface area (Å²) < 4.78 is 0. The molecular weight excluding hydrogens is 308 g/mol. The highest BCUT2D eigenvalue weighted by atomic mass is 16.4. The highest BCUT2D eigenvalue weighted by Gasteiger charge is 2.46. The molecule has 0 aromatic rings. The number of carbonyl (C=O) groups is 3. The van der Waals surface area contributed by atoms with Crippen molar-refractivity contribution < 1.29 is 19.5 Å². The third-order valence-electron chi connectivity index (χ3n) is 5.37. The Bertz CT molecular complexity index is 460. The van der Waals surface area contributed by atoms with Crippen molar-refractivity contribution in [2.45, 2.75) is 58.9 Å². The van der Waals surface area contributed by atoms with Crippen molar-refractivity contribution in [1.82, 2.24) is 10.2 Å². The summed E-state index contributed by atoms with van der Waals surface area (Å²) in [5.74, 6) is -1.52. The monoisotopic (exact) mass is 340 g/mol. The van der Waals surface area contributed by atoms with Crippen LogP contribution in [0.5, 0.6) is 0 Å². The lowest BCUT2D eigenvalue weighted by atomic mass is 9.81. The summed E-state index contributed by atoms with van der Waals surface area (Å²) in [6.07, 6.45) is 3.61. The molecule has 1 rings (SSSR count). The van der Waals surface area contributed by atoms with Crippen LogP contribution >= 0.6 is 0 Å². The van der Waals surface area contributed by atoms with Gasteiger partial charge in [0.2, 0.25) is 11.8 Å². The zero-order valence-corrected chi connectivity index (χ0v) is 15.5. The molecule has 0 saturated heterocycles. The van der Waals surface area contributed by atoms with Gasteiger partial charge in [-0.15, -0.1) is 0 Å². The Hall–Kier alpha value is -1.59. The lowest BCUT2D eigenvalue weighted by Gasteiger charge is -2.32. The van der Waals surface area contributed by atoms with Gasteiger partial charge in [-0.1, -0.05) is 26.7 Å². The number of amides is 2. The third-order valence-corrected chi connectivity index (χ3v) is 5.37. The standard InChI is InChI=1S/C18H32N2O4/c1-6-12(7-2)8-16(19-11(3)21)14-9-13(18(23)24)10-15(14)17(22)20(4)5/h12-16H,6-10H2,1-5H3,(H,19,21)(H,23,24)/t13-,14-,15-,16+/m1/s1. The Balaban J connectivity index is 3.06. The average molecular weight is 340 g/mol. The van der Waals surface area contributed by atoms with Crippen LogP contribution in [0.15, 0.2) is 0 Å². The summed E-state index contributed by atoms with van der Waals surface area (Å²) >= 11 is 0. The van der Waals surface area contributed by atoms with E-state index in [0.717, 1.165) is 19.3 Å². The van der Waals surface area contributed by atoms with E-state index in [4.69, 9.17) is 0 Å². The molecule has 2 amide bonds. The van der Waals surface area contributed by atoms with E-state index in [-0.39, 0.29) is 29.7 Å². The highest BCUT2D eigenvalue weighted by Crippen LogP contribution is 2.41. The fraction of sp³-hybridized carbons (Fsp3) is 0.833. The summed E-state index contributed by atoms with van der Waals surface area (Å²) in [6, 6.07) is -0.148. The Kier molecular flexibility index (Phi) is 7.70. The molecule has 1 aliphatic carbocycles. The topological polar surface area (TPSA) is 86.7 Å². The first kappa shape index (κ1) is 20.5. The van der Waals surface area contributed by atoms with Crippen molar-refractivity contribution >= 4 is 17.8 Å². The smallest absolute Gasteiger partial charge is 0.306 e. The van der Waals surface area contributed by atoms with Crippen molar-refractivity contribution in [3.63, 3.8) is 0 Å². The van der Waals surface area contributed by atoms with E-state index < -0.39 is 11.9 Å². The molecule has 4 atom stereocenters. The Morgan fingerprint density at radius 1 is 1.17 bits per heavy atom. The van der Waals surface area contributed by atoms with E-state index >= 15 is 0 Å². The second-order valence-electron chi connectivity index (χ2n) is 7.23. The molecule has 1 fully saturated rings. The first-order chi connectivity index (χ1) is 11.2. The molecule has 0 radical (unpaired) electrons. The van der Waals surface area contributed by atoms with Gasteiger partial charge in [0.15, 0.2) is 0 Å². The Morgan fingerprint density at radius 3 is 2.17 bits per heavy atom. The van der Waals surface area contributed by atoms with Crippen molar-refractivity contribution in [2.24, 2.45) is 23.7 Å². The van der Waals surface area contributed by atoms with E-state index in [1.54, 1.807) is 14.1 Å². The molecule has 0 aromatic heterocycles. The van der Waals surface area contributed by atoms with Gasteiger partial charge in [0.05, 0.1) is 5.92 Å². The van der Waals surface area contributed by atoms with E-state index in [1.807, 2.05) is 0 Å². The number of hydrogen-bond acceptors (Lipinski definition) is 3. The van der Waals surface area contributed by atoms with Gasteiger partial charge < -0.3 is 15.3 Å². The molecular formula is C18H32N2O4. The van der Waals surface area contributed by atoms with Crippen LogP contribution in [-0.4, -0.2) is 47.9 Å². The number of rotatable bonds is 8. The number of hydrogen-bond donors (Lipinski definition) is 2. The van der Waals surface area contributed by atoms with Crippen LogP contribution in [-0.2, 0) is 14.4 Å². The largest absolute Gasteiger partial charge is 0.481 e. The maximum absolute atomic E-state index is 12.6. The minimum atomic E-state index is -0.849. The number of aliphatic carboxylic acids is 1. The Morgan fingerprint density at radius 2 is 1.75 bits per heavy atom. The lowest BCUT2D eigenvalue weighted by molar-refractivity contribution is -0.141. The molecule has 0 unspecified atom stereocenters. The Labute approximate surface area is 145 Å². The first-order valence-corrected chi connectivity index (χ1v) is 8.92. The lowest BCUT2D eigenvalue weighted by Crippen LogP contribution is -2.45. The number of carboxylic acids is 1. The van der Waals surface area contributed by atoms with Crippen LogP contribution < -0.4 is 5.32 Å². The number of carbonyl (C=O) groups excluding carboxylic acids is 2. The van der Waals surface area contributed by atoms with Crippen molar-refractivity contribution in [2.75, 3.05) is 14.1 Å². The SMILES string of the molecule is CCC(CC)C[C@H](NC(C)=O)[C@@H]1C[C@@H](C(=O)O)C[C@H]1C(=O)N(C)C. The molecule has 138 valence electrons. The van der Waals surface area contributed by atoms with Gasteiger partial charge in [-0.2, -0.15) is 0 Å². The predicted octanol–water partition coefficient (Wildman–Crippen LogP) is 2.13. The van der Waals surface area contributed by atoms with Crippen LogP contribution in [0.4, 0.5) is 0 Å². The molecule has 0 spiro atoms. The van der Waals surface area contributed by atoms with E-state index in [0.29, 0.717) is 18.8 Å². The highest BCUT2D eigenvalue weighted by molar-refractivity contribution is 5.81. The molecule has 1 saturated carbocycles. The van der Waals surface area contributed by atoms with E-state index in [2.05, 4.69) is 19.2 Å². The minimum absolute atomic E-state index is 0.0383. The predicted molar refractivity (Wildman–Crippen MR) is 92.3 cm³/mol.